The van der Waals surface area contributed by atoms with Crippen LogP contribution in [0.1, 0.15) is 0 Å². The van der Waals surface area contributed by atoms with Gasteiger partial charge in [0.1, 0.15) is 6.61 Å². The van der Waals surface area contributed by atoms with Crippen LogP contribution in [0.4, 0.5) is 4.79 Å². The predicted octanol–water partition coefficient (Wildman–Crippen LogP) is 1.02. The highest BCUT2D eigenvalue weighted by molar-refractivity contribution is 6.62. The quantitative estimate of drug-likeness (QED) is 0.217. The summed E-state index contributed by atoms with van der Waals surface area (Å²) < 4.78 is 9.74. The van der Waals surface area contributed by atoms with Crippen molar-refractivity contribution in [2.75, 3.05) is 33.4 Å². The van der Waals surface area contributed by atoms with Crippen molar-refractivity contribution in [3.05, 3.63) is 12.7 Å². The molecule has 0 saturated carbocycles. The number of hydrogen-bond donors (Lipinski definition) is 0. The number of carbonyl (C=O) groups excluding carboxylic acids is 2. The normalized spacial score (nSPS) is 9.47. The van der Waals surface area contributed by atoms with Crippen LogP contribution in [0.5, 0.6) is 0 Å². The SMILES string of the molecule is C=CC(=O)OCCOCCN(C)C(=O)Cl. The summed E-state index contributed by atoms with van der Waals surface area (Å²) in [5.74, 6) is -0.480. The lowest BCUT2D eigenvalue weighted by Gasteiger charge is -2.12. The maximum absolute atomic E-state index is 10.6. The van der Waals surface area contributed by atoms with Gasteiger partial charge in [0.05, 0.1) is 13.2 Å². The zero-order valence-electron chi connectivity index (χ0n) is 8.57. The van der Waals surface area contributed by atoms with E-state index in [1.807, 2.05) is 0 Å². The van der Waals surface area contributed by atoms with Gasteiger partial charge in [0.25, 0.3) is 0 Å². The van der Waals surface area contributed by atoms with Crippen LogP contribution in [0.15, 0.2) is 12.7 Å². The molecule has 1 amide bonds. The highest BCUT2D eigenvalue weighted by atomic mass is 35.5. The lowest BCUT2D eigenvalue weighted by Crippen LogP contribution is -2.25. The van der Waals surface area contributed by atoms with Crippen LogP contribution >= 0.6 is 11.6 Å². The topological polar surface area (TPSA) is 55.8 Å². The molecule has 0 heterocycles. The van der Waals surface area contributed by atoms with Gasteiger partial charge in [0.2, 0.25) is 0 Å². The molecule has 0 aliphatic carbocycles. The van der Waals surface area contributed by atoms with E-state index in [1.54, 1.807) is 7.05 Å². The van der Waals surface area contributed by atoms with E-state index >= 15 is 0 Å². The fraction of sp³-hybridized carbons (Fsp3) is 0.556. The molecule has 0 aromatic heterocycles. The Kier molecular flexibility index (Phi) is 7.67. The lowest BCUT2D eigenvalue weighted by atomic mass is 10.6. The molecule has 0 atom stereocenters. The molecule has 0 radical (unpaired) electrons. The van der Waals surface area contributed by atoms with E-state index in [2.05, 4.69) is 11.3 Å². The summed E-state index contributed by atoms with van der Waals surface area (Å²) in [4.78, 5) is 22.4. The second-order valence-electron chi connectivity index (χ2n) is 2.66. The van der Waals surface area contributed by atoms with Gasteiger partial charge < -0.3 is 14.4 Å². The molecule has 0 spiro atoms. The minimum atomic E-state index is -0.531. The molecule has 0 aromatic rings. The summed E-state index contributed by atoms with van der Waals surface area (Å²) >= 11 is 5.18. The molecule has 0 saturated heterocycles. The van der Waals surface area contributed by atoms with Crippen molar-refractivity contribution in [1.29, 1.82) is 0 Å². The largest absolute Gasteiger partial charge is 0.460 e. The predicted molar refractivity (Wildman–Crippen MR) is 55.9 cm³/mol. The first-order valence-corrected chi connectivity index (χ1v) is 4.73. The van der Waals surface area contributed by atoms with E-state index in [4.69, 9.17) is 16.3 Å². The van der Waals surface area contributed by atoms with Crippen LogP contribution in [-0.2, 0) is 14.3 Å². The Labute approximate surface area is 93.6 Å². The molecule has 0 aliphatic rings. The number of likely N-dealkylation sites (N-methyl/N-ethyl adjacent to an activating group) is 1. The molecule has 0 fully saturated rings. The monoisotopic (exact) mass is 235 g/mol. The first-order chi connectivity index (χ1) is 7.07. The Morgan fingerprint density at radius 1 is 1.40 bits per heavy atom. The van der Waals surface area contributed by atoms with Crippen molar-refractivity contribution >= 4 is 22.9 Å². The molecule has 0 N–H and O–H groups in total. The summed E-state index contributed by atoms with van der Waals surface area (Å²) in [5, 5.41) is -0.531. The zero-order valence-corrected chi connectivity index (χ0v) is 9.33. The smallest absolute Gasteiger partial charge is 0.330 e. The van der Waals surface area contributed by atoms with E-state index in [-0.39, 0.29) is 13.2 Å². The van der Waals surface area contributed by atoms with E-state index in [0.717, 1.165) is 6.08 Å². The minimum absolute atomic E-state index is 0.170. The van der Waals surface area contributed by atoms with Gasteiger partial charge in [0.15, 0.2) is 0 Å². The highest BCUT2D eigenvalue weighted by Crippen LogP contribution is 1.91. The number of esters is 1. The average molecular weight is 236 g/mol. The molecule has 0 rings (SSSR count). The molecule has 5 nitrogen and oxygen atoms in total. The van der Waals surface area contributed by atoms with Crippen LogP contribution in [0, 0.1) is 0 Å². The molecule has 6 heteroatoms. The molecular formula is C9H14ClNO4. The Bertz CT molecular complexity index is 232. The van der Waals surface area contributed by atoms with Crippen molar-refractivity contribution in [2.45, 2.75) is 0 Å². The Morgan fingerprint density at radius 3 is 2.60 bits per heavy atom. The first kappa shape index (κ1) is 13.9. The number of carbonyl (C=O) groups is 2. The van der Waals surface area contributed by atoms with Crippen LogP contribution in [-0.4, -0.2) is 49.6 Å². The molecule has 15 heavy (non-hydrogen) atoms. The molecule has 86 valence electrons. The molecule has 0 unspecified atom stereocenters. The zero-order chi connectivity index (χ0) is 11.7. The highest BCUT2D eigenvalue weighted by Gasteiger charge is 2.03. The third kappa shape index (κ3) is 7.96. The number of amides is 1. The number of nitrogens with zero attached hydrogens (tertiary/aromatic N) is 1. The van der Waals surface area contributed by atoms with Gasteiger partial charge in [-0.1, -0.05) is 6.58 Å². The Balaban J connectivity index is 3.29. The van der Waals surface area contributed by atoms with Gasteiger partial charge in [-0.05, 0) is 11.6 Å². The Hall–Kier alpha value is -1.07. The second kappa shape index (κ2) is 8.26. The third-order valence-corrected chi connectivity index (χ3v) is 1.80. The standard InChI is InChI=1S/C9H14ClNO4/c1-3-8(12)15-7-6-14-5-4-11(2)9(10)13/h3H,1,4-7H2,2H3. The van der Waals surface area contributed by atoms with Crippen molar-refractivity contribution in [3.63, 3.8) is 0 Å². The van der Waals surface area contributed by atoms with E-state index < -0.39 is 11.3 Å². The number of hydrogen-bond acceptors (Lipinski definition) is 4. The molecular weight excluding hydrogens is 222 g/mol. The second-order valence-corrected chi connectivity index (χ2v) is 2.98. The fourth-order valence-electron chi connectivity index (χ4n) is 0.652. The summed E-state index contributed by atoms with van der Waals surface area (Å²) in [7, 11) is 1.57. The van der Waals surface area contributed by atoms with Gasteiger partial charge >= 0.3 is 11.3 Å². The van der Waals surface area contributed by atoms with Gasteiger partial charge in [-0.15, -0.1) is 0 Å². The van der Waals surface area contributed by atoms with Crippen LogP contribution < -0.4 is 0 Å². The maximum Gasteiger partial charge on any atom is 0.330 e. The van der Waals surface area contributed by atoms with Gasteiger partial charge in [-0.3, -0.25) is 4.79 Å². The van der Waals surface area contributed by atoms with Crippen LogP contribution in [0.25, 0.3) is 0 Å². The van der Waals surface area contributed by atoms with Crippen molar-refractivity contribution < 1.29 is 19.1 Å². The van der Waals surface area contributed by atoms with Crippen molar-refractivity contribution in [1.82, 2.24) is 4.90 Å². The van der Waals surface area contributed by atoms with Crippen molar-refractivity contribution in [2.24, 2.45) is 0 Å². The summed E-state index contributed by atoms with van der Waals surface area (Å²) in [6.07, 6.45) is 1.08. The summed E-state index contributed by atoms with van der Waals surface area (Å²) in [6.45, 7) is 4.44. The van der Waals surface area contributed by atoms with E-state index in [9.17, 15) is 9.59 Å². The van der Waals surface area contributed by atoms with Gasteiger partial charge in [0, 0.05) is 19.7 Å². The summed E-state index contributed by atoms with van der Waals surface area (Å²) in [6, 6.07) is 0. The number of halogens is 1. The Morgan fingerprint density at radius 2 is 2.07 bits per heavy atom. The number of rotatable bonds is 7. The minimum Gasteiger partial charge on any atom is -0.460 e. The average Bonchev–Trinajstić information content (AvgIpc) is 2.22. The first-order valence-electron chi connectivity index (χ1n) is 4.35. The van der Waals surface area contributed by atoms with Gasteiger partial charge in [-0.2, -0.15) is 0 Å². The maximum atomic E-state index is 10.6. The molecule has 0 aliphatic heterocycles. The third-order valence-electron chi connectivity index (χ3n) is 1.51. The fourth-order valence-corrected chi connectivity index (χ4v) is 0.736. The number of ether oxygens (including phenoxy) is 2. The van der Waals surface area contributed by atoms with Crippen LogP contribution in [0.3, 0.4) is 0 Å². The summed E-state index contributed by atoms with van der Waals surface area (Å²) in [5.41, 5.74) is 0. The van der Waals surface area contributed by atoms with E-state index in [1.165, 1.54) is 4.90 Å². The lowest BCUT2D eigenvalue weighted by molar-refractivity contribution is -0.139. The van der Waals surface area contributed by atoms with E-state index in [0.29, 0.717) is 13.2 Å². The van der Waals surface area contributed by atoms with Crippen LogP contribution in [0.2, 0.25) is 0 Å². The molecule has 0 aromatic carbocycles. The molecule has 0 bridgehead atoms. The van der Waals surface area contributed by atoms with Gasteiger partial charge in [-0.25, -0.2) is 4.79 Å². The van der Waals surface area contributed by atoms with Crippen molar-refractivity contribution in [3.8, 4) is 0 Å².